The van der Waals surface area contributed by atoms with Crippen LogP contribution < -0.4 is 16.2 Å². The number of hydrazine groups is 1. The Balaban J connectivity index is 1.87. The predicted molar refractivity (Wildman–Crippen MR) is 113 cm³/mol. The van der Waals surface area contributed by atoms with E-state index in [0.29, 0.717) is 18.7 Å². The highest BCUT2D eigenvalue weighted by atomic mass is 32.2. The summed E-state index contributed by atoms with van der Waals surface area (Å²) in [5, 5.41) is 6.08. The fraction of sp³-hybridized carbons (Fsp3) is 0.316. The summed E-state index contributed by atoms with van der Waals surface area (Å²) in [4.78, 5) is 35.9. The first-order valence-electron chi connectivity index (χ1n) is 9.29. The molecule has 0 radical (unpaired) electrons. The van der Waals surface area contributed by atoms with E-state index < -0.39 is 21.8 Å². The third kappa shape index (κ3) is 6.12. The minimum absolute atomic E-state index is 0.00122. The van der Waals surface area contributed by atoms with Crippen molar-refractivity contribution >= 4 is 39.1 Å². The van der Waals surface area contributed by atoms with E-state index in [4.69, 9.17) is 0 Å². The van der Waals surface area contributed by atoms with Crippen molar-refractivity contribution < 1.29 is 22.8 Å². The van der Waals surface area contributed by atoms with E-state index in [1.165, 1.54) is 39.9 Å². The minimum atomic E-state index is -3.70. The molecule has 0 saturated carbocycles. The Hall–Kier alpha value is -2.76. The first-order valence-corrected chi connectivity index (χ1v) is 11.7. The van der Waals surface area contributed by atoms with Gasteiger partial charge in [-0.2, -0.15) is 15.6 Å². The van der Waals surface area contributed by atoms with Crippen molar-refractivity contribution in [3.63, 3.8) is 0 Å². The number of carbonyl (C=O) groups excluding carboxylic acids is 3. The van der Waals surface area contributed by atoms with E-state index in [0.717, 1.165) is 0 Å². The highest BCUT2D eigenvalue weighted by Gasteiger charge is 2.22. The Labute approximate surface area is 179 Å². The molecule has 0 fully saturated rings. The van der Waals surface area contributed by atoms with Crippen molar-refractivity contribution in [3.05, 3.63) is 52.2 Å². The molecular weight excluding hydrogens is 428 g/mol. The van der Waals surface area contributed by atoms with E-state index in [9.17, 15) is 22.8 Å². The van der Waals surface area contributed by atoms with Gasteiger partial charge in [0.25, 0.3) is 11.8 Å². The highest BCUT2D eigenvalue weighted by Crippen LogP contribution is 2.16. The lowest BCUT2D eigenvalue weighted by Crippen LogP contribution is -2.42. The van der Waals surface area contributed by atoms with Crippen LogP contribution in [0.1, 0.15) is 41.0 Å². The van der Waals surface area contributed by atoms with Gasteiger partial charge in [0.2, 0.25) is 15.9 Å². The van der Waals surface area contributed by atoms with Gasteiger partial charge in [-0.1, -0.05) is 19.9 Å². The van der Waals surface area contributed by atoms with Gasteiger partial charge in [0.05, 0.1) is 4.90 Å². The van der Waals surface area contributed by atoms with Crippen LogP contribution in [0, 0.1) is 0 Å². The largest absolute Gasteiger partial charge is 0.351 e. The standard InChI is InChI=1S/C19H24N4O5S2/c1-3-23(4-2)30(27,28)16-7-5-6-14(12-16)19(26)22-21-17(24)8-10-20-18(25)15-9-11-29-13-15/h5-7,9,11-13H,3-4,8,10H2,1-2H3,(H,20,25)(H,21,24)(H,22,26). The van der Waals surface area contributed by atoms with Crippen molar-refractivity contribution in [2.75, 3.05) is 19.6 Å². The lowest BCUT2D eigenvalue weighted by Gasteiger charge is -2.18. The molecule has 3 N–H and O–H groups in total. The van der Waals surface area contributed by atoms with Crippen molar-refractivity contribution in [2.45, 2.75) is 25.2 Å². The Kier molecular flexibility index (Phi) is 8.51. The quantitative estimate of drug-likeness (QED) is 0.496. The Morgan fingerprint density at radius 2 is 1.73 bits per heavy atom. The van der Waals surface area contributed by atoms with Crippen LogP contribution in [0.4, 0.5) is 0 Å². The second-order valence-electron chi connectivity index (χ2n) is 6.14. The molecule has 1 heterocycles. The van der Waals surface area contributed by atoms with E-state index in [2.05, 4.69) is 16.2 Å². The smallest absolute Gasteiger partial charge is 0.269 e. The van der Waals surface area contributed by atoms with Gasteiger partial charge in [0, 0.05) is 42.6 Å². The van der Waals surface area contributed by atoms with Crippen molar-refractivity contribution in [1.29, 1.82) is 0 Å². The molecular formula is C19H24N4O5S2. The molecule has 0 aliphatic rings. The summed E-state index contributed by atoms with van der Waals surface area (Å²) in [6, 6.07) is 7.27. The van der Waals surface area contributed by atoms with Crippen LogP contribution in [0.3, 0.4) is 0 Å². The van der Waals surface area contributed by atoms with E-state index >= 15 is 0 Å². The second-order valence-corrected chi connectivity index (χ2v) is 8.86. The zero-order chi connectivity index (χ0) is 22.1. The van der Waals surface area contributed by atoms with Crippen molar-refractivity contribution in [2.24, 2.45) is 0 Å². The number of sulfonamides is 1. The van der Waals surface area contributed by atoms with Gasteiger partial charge in [-0.15, -0.1) is 0 Å². The number of benzene rings is 1. The van der Waals surface area contributed by atoms with Crippen LogP contribution in [0.15, 0.2) is 46.0 Å². The summed E-state index contributed by atoms with van der Waals surface area (Å²) in [5.41, 5.74) is 5.10. The summed E-state index contributed by atoms with van der Waals surface area (Å²) in [7, 11) is -3.70. The topological polar surface area (TPSA) is 125 Å². The number of carbonyl (C=O) groups is 3. The van der Waals surface area contributed by atoms with Crippen LogP contribution in [-0.4, -0.2) is 50.1 Å². The molecule has 3 amide bonds. The van der Waals surface area contributed by atoms with Gasteiger partial charge >= 0.3 is 0 Å². The monoisotopic (exact) mass is 452 g/mol. The Morgan fingerprint density at radius 1 is 1.00 bits per heavy atom. The summed E-state index contributed by atoms with van der Waals surface area (Å²) < 4.78 is 26.5. The maximum absolute atomic E-state index is 12.6. The predicted octanol–water partition coefficient (Wildman–Crippen LogP) is 1.36. The molecule has 2 aromatic rings. The van der Waals surface area contributed by atoms with Crippen LogP contribution in [0.25, 0.3) is 0 Å². The van der Waals surface area contributed by atoms with Crippen LogP contribution in [0.2, 0.25) is 0 Å². The number of rotatable bonds is 9. The molecule has 0 aliphatic heterocycles. The molecule has 0 spiro atoms. The molecule has 0 atom stereocenters. The zero-order valence-corrected chi connectivity index (χ0v) is 18.3. The molecule has 2 rings (SSSR count). The zero-order valence-electron chi connectivity index (χ0n) is 16.7. The number of nitrogens with zero attached hydrogens (tertiary/aromatic N) is 1. The average molecular weight is 453 g/mol. The number of nitrogens with one attached hydrogen (secondary N) is 3. The lowest BCUT2D eigenvalue weighted by atomic mass is 10.2. The molecule has 11 heteroatoms. The molecule has 0 unspecified atom stereocenters. The van der Waals surface area contributed by atoms with Gasteiger partial charge < -0.3 is 5.32 Å². The normalized spacial score (nSPS) is 11.2. The molecule has 0 bridgehead atoms. The fourth-order valence-electron chi connectivity index (χ4n) is 2.56. The average Bonchev–Trinajstić information content (AvgIpc) is 3.28. The first kappa shape index (κ1) is 23.5. The second kappa shape index (κ2) is 10.9. The fourth-order valence-corrected chi connectivity index (χ4v) is 4.70. The summed E-state index contributed by atoms with van der Waals surface area (Å²) in [5.74, 6) is -1.43. The van der Waals surface area contributed by atoms with Gasteiger partial charge in [0.15, 0.2) is 0 Å². The van der Waals surface area contributed by atoms with Crippen LogP contribution in [-0.2, 0) is 14.8 Å². The third-order valence-corrected chi connectivity index (χ3v) is 6.90. The molecule has 0 aliphatic carbocycles. The molecule has 30 heavy (non-hydrogen) atoms. The van der Waals surface area contributed by atoms with Crippen molar-refractivity contribution in [3.8, 4) is 0 Å². The maximum atomic E-state index is 12.6. The maximum Gasteiger partial charge on any atom is 0.269 e. The Bertz CT molecular complexity index is 986. The van der Waals surface area contributed by atoms with E-state index in [-0.39, 0.29) is 29.3 Å². The van der Waals surface area contributed by atoms with E-state index in [1.807, 2.05) is 0 Å². The summed E-state index contributed by atoms with van der Waals surface area (Å²) in [6.07, 6.45) is -0.0352. The third-order valence-electron chi connectivity index (χ3n) is 4.18. The lowest BCUT2D eigenvalue weighted by molar-refractivity contribution is -0.121. The van der Waals surface area contributed by atoms with E-state index in [1.54, 1.807) is 30.7 Å². The summed E-state index contributed by atoms with van der Waals surface area (Å²) in [6.45, 7) is 4.20. The van der Waals surface area contributed by atoms with Gasteiger partial charge in [0.1, 0.15) is 0 Å². The van der Waals surface area contributed by atoms with Crippen molar-refractivity contribution in [1.82, 2.24) is 20.5 Å². The summed E-state index contributed by atoms with van der Waals surface area (Å²) >= 11 is 1.40. The van der Waals surface area contributed by atoms with Crippen LogP contribution >= 0.6 is 11.3 Å². The SMILES string of the molecule is CCN(CC)S(=O)(=O)c1cccc(C(=O)NNC(=O)CCNC(=O)c2ccsc2)c1. The molecule has 162 valence electrons. The highest BCUT2D eigenvalue weighted by molar-refractivity contribution is 7.89. The Morgan fingerprint density at radius 3 is 2.37 bits per heavy atom. The minimum Gasteiger partial charge on any atom is -0.351 e. The molecule has 1 aromatic carbocycles. The molecule has 1 aromatic heterocycles. The first-order chi connectivity index (χ1) is 14.3. The van der Waals surface area contributed by atoms with Gasteiger partial charge in [-0.25, -0.2) is 8.42 Å². The molecule has 9 nitrogen and oxygen atoms in total. The number of hydrogen-bond acceptors (Lipinski definition) is 6. The van der Waals surface area contributed by atoms with Crippen LogP contribution in [0.5, 0.6) is 0 Å². The number of thiophene rings is 1. The van der Waals surface area contributed by atoms with Gasteiger partial charge in [-0.3, -0.25) is 25.2 Å². The number of hydrogen-bond donors (Lipinski definition) is 3. The number of amides is 3. The molecule has 0 saturated heterocycles. The van der Waals surface area contributed by atoms with Gasteiger partial charge in [-0.05, 0) is 29.6 Å².